The molecule has 1 N–H and O–H groups in total. The first-order valence-corrected chi connectivity index (χ1v) is 9.95. The fraction of sp³-hybridized carbons (Fsp3) is 0.200. The number of carbonyl (C=O) groups is 1. The van der Waals surface area contributed by atoms with Crippen molar-refractivity contribution < 1.29 is 9.90 Å². The molecule has 1 aliphatic rings. The highest BCUT2D eigenvalue weighted by molar-refractivity contribution is 5.91. The number of amidine groups is 1. The summed E-state index contributed by atoms with van der Waals surface area (Å²) in [5, 5.41) is 9.31. The van der Waals surface area contributed by atoms with Crippen molar-refractivity contribution in [3.63, 3.8) is 0 Å². The van der Waals surface area contributed by atoms with Crippen LogP contribution in [-0.4, -0.2) is 28.4 Å². The number of carboxylic acid groups (broad SMARTS) is 1. The van der Waals surface area contributed by atoms with Gasteiger partial charge >= 0.3 is 5.97 Å². The molecule has 0 unspecified atom stereocenters. The zero-order valence-electron chi connectivity index (χ0n) is 16.3. The molecule has 0 aliphatic carbocycles. The molecular formula is C25H24N2O2. The highest BCUT2D eigenvalue weighted by Gasteiger charge is 2.20. The van der Waals surface area contributed by atoms with Crippen LogP contribution < -0.4 is 0 Å². The predicted octanol–water partition coefficient (Wildman–Crippen LogP) is 5.11. The van der Waals surface area contributed by atoms with Crippen LogP contribution in [0.15, 0.2) is 83.9 Å². The van der Waals surface area contributed by atoms with E-state index in [-0.39, 0.29) is 5.56 Å². The van der Waals surface area contributed by atoms with Crippen molar-refractivity contribution in [1.29, 1.82) is 0 Å². The second kappa shape index (κ2) is 8.74. The average Bonchev–Trinajstić information content (AvgIpc) is 2.77. The van der Waals surface area contributed by atoms with E-state index >= 15 is 0 Å². The number of hydrogen-bond acceptors (Lipinski definition) is 3. The first-order valence-electron chi connectivity index (χ1n) is 9.95. The first-order chi connectivity index (χ1) is 14.2. The quantitative estimate of drug-likeness (QED) is 0.616. The number of aryl methyl sites for hydroxylation is 1. The summed E-state index contributed by atoms with van der Waals surface area (Å²) in [5.74, 6) is 0.111. The molecule has 3 aromatic rings. The Bertz CT molecular complexity index is 1010. The molecule has 4 nitrogen and oxygen atoms in total. The lowest BCUT2D eigenvalue weighted by molar-refractivity contribution is 0.0697. The van der Waals surface area contributed by atoms with Crippen LogP contribution in [0.5, 0.6) is 0 Å². The molecule has 4 heteroatoms. The second-order valence-corrected chi connectivity index (χ2v) is 7.32. The zero-order chi connectivity index (χ0) is 20.1. The van der Waals surface area contributed by atoms with Gasteiger partial charge in [0.15, 0.2) is 0 Å². The van der Waals surface area contributed by atoms with E-state index in [1.54, 1.807) is 12.1 Å². The summed E-state index contributed by atoms with van der Waals surface area (Å²) in [6, 6.07) is 26.1. The molecule has 4 rings (SSSR count). The maximum atomic E-state index is 11.3. The third kappa shape index (κ3) is 4.72. The Morgan fingerprint density at radius 2 is 1.52 bits per heavy atom. The third-order valence-electron chi connectivity index (χ3n) is 5.30. The monoisotopic (exact) mass is 384 g/mol. The molecule has 3 aromatic carbocycles. The maximum Gasteiger partial charge on any atom is 0.335 e. The van der Waals surface area contributed by atoms with Gasteiger partial charge in [-0.15, -0.1) is 0 Å². The molecule has 1 heterocycles. The van der Waals surface area contributed by atoms with E-state index in [0.29, 0.717) is 0 Å². The fourth-order valence-electron chi connectivity index (χ4n) is 3.67. The van der Waals surface area contributed by atoms with E-state index < -0.39 is 5.97 Å². The van der Waals surface area contributed by atoms with Crippen LogP contribution in [-0.2, 0) is 19.4 Å². The van der Waals surface area contributed by atoms with Gasteiger partial charge in [-0.05, 0) is 41.7 Å². The Hall–Kier alpha value is -3.40. The number of rotatable bonds is 7. The van der Waals surface area contributed by atoms with Crippen molar-refractivity contribution in [2.24, 2.45) is 4.99 Å². The molecule has 146 valence electrons. The number of aromatic carboxylic acids is 1. The van der Waals surface area contributed by atoms with Crippen LogP contribution in [0.1, 0.15) is 33.5 Å². The predicted molar refractivity (Wildman–Crippen MR) is 116 cm³/mol. The van der Waals surface area contributed by atoms with Gasteiger partial charge in [0, 0.05) is 19.5 Å². The Balaban J connectivity index is 1.56. The van der Waals surface area contributed by atoms with Gasteiger partial charge in [-0.3, -0.25) is 0 Å². The number of hydrogen-bond donors (Lipinski definition) is 1. The third-order valence-corrected chi connectivity index (χ3v) is 5.30. The minimum absolute atomic E-state index is 0.285. The smallest absolute Gasteiger partial charge is 0.335 e. The van der Waals surface area contributed by atoms with Crippen LogP contribution in [0, 0.1) is 0 Å². The highest BCUT2D eigenvalue weighted by atomic mass is 16.4. The van der Waals surface area contributed by atoms with Gasteiger partial charge in [0.05, 0.1) is 11.3 Å². The van der Waals surface area contributed by atoms with Gasteiger partial charge in [0.1, 0.15) is 5.84 Å². The molecule has 0 fully saturated rings. The van der Waals surface area contributed by atoms with Crippen molar-refractivity contribution in [3.05, 3.63) is 101 Å². The van der Waals surface area contributed by atoms with Crippen molar-refractivity contribution in [2.45, 2.75) is 25.8 Å². The number of fused-ring (bicyclic) bond motifs is 1. The summed E-state index contributed by atoms with van der Waals surface area (Å²) >= 11 is 0. The summed E-state index contributed by atoms with van der Waals surface area (Å²) in [4.78, 5) is 18.6. The van der Waals surface area contributed by atoms with Crippen LogP contribution in [0.3, 0.4) is 0 Å². The fourth-order valence-corrected chi connectivity index (χ4v) is 3.67. The number of benzene rings is 3. The number of nitrogens with zero attached hydrogens (tertiary/aromatic N) is 2. The van der Waals surface area contributed by atoms with E-state index in [9.17, 15) is 9.90 Å². The SMILES string of the molecule is O=C(O)c1ccc2c(c1)N=C(CCc1ccccc1)N(CCc1ccccc1)C2. The van der Waals surface area contributed by atoms with Gasteiger partial charge in [0.25, 0.3) is 0 Å². The molecule has 1 aliphatic heterocycles. The number of carboxylic acids is 1. The number of aliphatic imine (C=N–C) groups is 1. The minimum Gasteiger partial charge on any atom is -0.478 e. The lowest BCUT2D eigenvalue weighted by atomic mass is 10.0. The first kappa shape index (κ1) is 18.9. The molecule has 0 bridgehead atoms. The summed E-state index contributed by atoms with van der Waals surface area (Å²) in [7, 11) is 0. The van der Waals surface area contributed by atoms with E-state index in [4.69, 9.17) is 4.99 Å². The Morgan fingerprint density at radius 3 is 2.17 bits per heavy atom. The van der Waals surface area contributed by atoms with Crippen LogP contribution >= 0.6 is 0 Å². The topological polar surface area (TPSA) is 52.9 Å². The van der Waals surface area contributed by atoms with Crippen molar-refractivity contribution in [2.75, 3.05) is 6.54 Å². The molecule has 0 aromatic heterocycles. The Morgan fingerprint density at radius 1 is 0.862 bits per heavy atom. The molecule has 0 saturated heterocycles. The zero-order valence-corrected chi connectivity index (χ0v) is 16.3. The average molecular weight is 384 g/mol. The summed E-state index contributed by atoms with van der Waals surface area (Å²) in [6.45, 7) is 1.65. The van der Waals surface area contributed by atoms with Crippen LogP contribution in [0.2, 0.25) is 0 Å². The van der Waals surface area contributed by atoms with E-state index in [0.717, 1.165) is 49.4 Å². The van der Waals surface area contributed by atoms with Gasteiger partial charge in [-0.2, -0.15) is 0 Å². The molecule has 0 saturated carbocycles. The van der Waals surface area contributed by atoms with Gasteiger partial charge in [-0.25, -0.2) is 9.79 Å². The van der Waals surface area contributed by atoms with Crippen molar-refractivity contribution in [3.8, 4) is 0 Å². The van der Waals surface area contributed by atoms with Gasteiger partial charge in [-0.1, -0.05) is 66.7 Å². The van der Waals surface area contributed by atoms with E-state index in [1.807, 2.05) is 18.2 Å². The highest BCUT2D eigenvalue weighted by Crippen LogP contribution is 2.29. The maximum absolute atomic E-state index is 11.3. The largest absolute Gasteiger partial charge is 0.478 e. The molecule has 0 radical (unpaired) electrons. The van der Waals surface area contributed by atoms with Gasteiger partial charge < -0.3 is 10.0 Å². The van der Waals surface area contributed by atoms with E-state index in [2.05, 4.69) is 53.4 Å². The lowest BCUT2D eigenvalue weighted by Gasteiger charge is -2.31. The summed E-state index contributed by atoms with van der Waals surface area (Å²) in [5.41, 5.74) is 4.73. The standard InChI is InChI=1S/C25H24N2O2/c28-25(29)21-12-13-22-18-27(16-15-20-9-5-2-6-10-20)24(26-23(22)17-21)14-11-19-7-3-1-4-8-19/h1-10,12-13,17H,11,14-16,18H2,(H,28,29). The second-order valence-electron chi connectivity index (χ2n) is 7.32. The molecule has 0 atom stereocenters. The van der Waals surface area contributed by atoms with E-state index in [1.165, 1.54) is 11.1 Å². The lowest BCUT2D eigenvalue weighted by Crippen LogP contribution is -2.35. The molecule has 0 amide bonds. The van der Waals surface area contributed by atoms with Gasteiger partial charge in [0.2, 0.25) is 0 Å². The normalized spacial score (nSPS) is 13.0. The Labute approximate surface area is 171 Å². The summed E-state index contributed by atoms with van der Waals surface area (Å²) in [6.07, 6.45) is 2.69. The Kier molecular flexibility index (Phi) is 5.71. The molecule has 0 spiro atoms. The van der Waals surface area contributed by atoms with Crippen LogP contribution in [0.25, 0.3) is 0 Å². The molecule has 29 heavy (non-hydrogen) atoms. The minimum atomic E-state index is -0.916. The molecular weight excluding hydrogens is 360 g/mol. The van der Waals surface area contributed by atoms with Crippen molar-refractivity contribution in [1.82, 2.24) is 4.90 Å². The van der Waals surface area contributed by atoms with Crippen LogP contribution in [0.4, 0.5) is 5.69 Å². The van der Waals surface area contributed by atoms with Crippen molar-refractivity contribution >= 4 is 17.5 Å². The summed E-state index contributed by atoms with van der Waals surface area (Å²) < 4.78 is 0.